The maximum atomic E-state index is 13.8. The molecule has 0 spiro atoms. The Morgan fingerprint density at radius 2 is 1.26 bits per heavy atom. The normalized spacial score (nSPS) is 13.8. The number of unbranched alkanes of at least 4 members (excludes halogenated alkanes) is 1. The van der Waals surface area contributed by atoms with Crippen LogP contribution in [0.3, 0.4) is 0 Å². The van der Waals surface area contributed by atoms with Crippen molar-refractivity contribution in [3.8, 4) is 0 Å². The minimum absolute atomic E-state index is 0.0136. The van der Waals surface area contributed by atoms with Crippen molar-refractivity contribution in [2.45, 2.75) is 121 Å². The zero-order valence-corrected chi connectivity index (χ0v) is 42.9. The van der Waals surface area contributed by atoms with Gasteiger partial charge in [0.05, 0.1) is 12.5 Å². The Labute approximate surface area is 425 Å². The summed E-state index contributed by atoms with van der Waals surface area (Å²) >= 11 is 6.09. The van der Waals surface area contributed by atoms with Crippen LogP contribution in [0.2, 0.25) is 0 Å². The van der Waals surface area contributed by atoms with Crippen LogP contribution in [0.4, 0.5) is 0 Å². The van der Waals surface area contributed by atoms with E-state index in [1.807, 2.05) is 22.6 Å². The first kappa shape index (κ1) is 62.3. The van der Waals surface area contributed by atoms with Gasteiger partial charge in [0.2, 0.25) is 41.4 Å². The number of hydrogen-bond donors (Lipinski definition) is 14. The number of guanidine groups is 1. The molecule has 28 heteroatoms. The number of carboxylic acids is 1. The standard InChI is InChI=1S/C42H70IN15O11S/c1-5-32(58(48)41(69)27(50-33(60)6-2)15-10-11-17-49-4)39(67)52-26(16-12-18-56(46)42(44)45)40(68)57(47)22-34(61)51-29(20-35(62)63)37(65)55-31(23-70)38(66)53-28(19-25-13-8-7-9-14-25)36(64)54-30(21-43)24(3)59/h7-9,13-14,26-32,49,70H,5-6,10-12,15-23,46-48H2,1-4H3,(H3,44,45)(H,50,60)(H,51,61)(H,52,67)(H,53,66)(H,54,64)(H,55,65)(H,62,63)/t26-,27-,28-,29-,30-,31-,32-/m0/s1. The van der Waals surface area contributed by atoms with Gasteiger partial charge in [0.1, 0.15) is 42.8 Å². The first-order valence-corrected chi connectivity index (χ1v) is 24.6. The van der Waals surface area contributed by atoms with E-state index < -0.39 is 114 Å². The predicted octanol–water partition coefficient (Wildman–Crippen LogP) is -3.60. The van der Waals surface area contributed by atoms with E-state index in [1.54, 1.807) is 51.2 Å². The highest BCUT2D eigenvalue weighted by Crippen LogP contribution is 2.12. The van der Waals surface area contributed by atoms with Gasteiger partial charge in [-0.25, -0.2) is 17.5 Å². The summed E-state index contributed by atoms with van der Waals surface area (Å²) in [6.45, 7) is 4.03. The van der Waals surface area contributed by atoms with E-state index in [9.17, 15) is 53.1 Å². The molecule has 1 aromatic carbocycles. The summed E-state index contributed by atoms with van der Waals surface area (Å²) in [5, 5.41) is 36.9. The molecule has 8 amide bonds. The molecule has 0 fully saturated rings. The molecular formula is C42H70IN15O11S. The Kier molecular flexibility index (Phi) is 29.4. The monoisotopic (exact) mass is 1120 g/mol. The fourth-order valence-corrected chi connectivity index (χ4v) is 7.63. The third-order valence-electron chi connectivity index (χ3n) is 10.5. The van der Waals surface area contributed by atoms with Crippen molar-refractivity contribution in [2.75, 3.05) is 36.9 Å². The average molecular weight is 1120 g/mol. The molecule has 0 heterocycles. The molecule has 0 aliphatic heterocycles. The van der Waals surface area contributed by atoms with Gasteiger partial charge in [-0.2, -0.15) is 12.6 Å². The number of nitrogens with zero attached hydrogens (tertiary/aromatic N) is 3. The molecule has 7 atom stereocenters. The summed E-state index contributed by atoms with van der Waals surface area (Å²) < 4.78 is 0.248. The van der Waals surface area contributed by atoms with Crippen molar-refractivity contribution in [3.63, 3.8) is 0 Å². The highest BCUT2D eigenvalue weighted by Gasteiger charge is 2.36. The van der Waals surface area contributed by atoms with E-state index in [0.29, 0.717) is 35.0 Å². The van der Waals surface area contributed by atoms with Crippen LogP contribution in [-0.2, 0) is 54.4 Å². The number of benzene rings is 1. The van der Waals surface area contributed by atoms with Crippen molar-refractivity contribution in [1.29, 1.82) is 5.41 Å². The fraction of sp³-hybridized carbons (Fsp3) is 0.595. The first-order chi connectivity index (χ1) is 33.0. The quantitative estimate of drug-likeness (QED) is 0.00372. The number of hydrazine groups is 3. The molecule has 0 aliphatic carbocycles. The zero-order chi connectivity index (χ0) is 53.1. The van der Waals surface area contributed by atoms with Crippen LogP contribution < -0.4 is 60.5 Å². The number of carbonyl (C=O) groups is 10. The summed E-state index contributed by atoms with van der Waals surface area (Å²) in [4.78, 5) is 131. The zero-order valence-electron chi connectivity index (χ0n) is 39.8. The van der Waals surface area contributed by atoms with E-state index in [2.05, 4.69) is 49.8 Å². The minimum Gasteiger partial charge on any atom is -0.481 e. The van der Waals surface area contributed by atoms with E-state index >= 15 is 0 Å². The molecule has 392 valence electrons. The van der Waals surface area contributed by atoms with Crippen LogP contribution in [0.25, 0.3) is 0 Å². The number of alkyl halides is 1. The summed E-state index contributed by atoms with van der Waals surface area (Å²) in [6, 6.07) is -0.754. The number of halogens is 1. The molecule has 1 rings (SSSR count). The van der Waals surface area contributed by atoms with E-state index in [1.165, 1.54) is 6.92 Å². The molecular weight excluding hydrogens is 1050 g/mol. The lowest BCUT2D eigenvalue weighted by atomic mass is 10.0. The van der Waals surface area contributed by atoms with Gasteiger partial charge >= 0.3 is 5.97 Å². The van der Waals surface area contributed by atoms with Crippen molar-refractivity contribution >= 4 is 100 Å². The maximum Gasteiger partial charge on any atom is 0.305 e. The van der Waals surface area contributed by atoms with Gasteiger partial charge in [-0.3, -0.25) is 68.4 Å². The van der Waals surface area contributed by atoms with Crippen LogP contribution in [0.5, 0.6) is 0 Å². The van der Waals surface area contributed by atoms with Crippen LogP contribution in [0.15, 0.2) is 30.3 Å². The minimum atomic E-state index is -1.85. The van der Waals surface area contributed by atoms with Gasteiger partial charge in [0.25, 0.3) is 11.8 Å². The number of hydrogen-bond acceptors (Lipinski definition) is 16. The SMILES string of the molecule is CCC(=O)N[C@@H](CCCCNC)C(=O)N(N)[C@@H](CC)C(=O)N[C@@H](CCCN(N)C(=N)N)C(=O)N(N)CC(=O)N[C@@H](CC(=O)O)C(=O)N[C@@H](CS)C(=O)N[C@@H](Cc1ccccc1)C(=O)N[C@@H](CI)C(C)=O. The molecule has 0 unspecified atom stereocenters. The van der Waals surface area contributed by atoms with Crippen LogP contribution in [-0.4, -0.2) is 164 Å². The topological polar surface area (TPSA) is 413 Å². The third-order valence-corrected chi connectivity index (χ3v) is 11.8. The Bertz CT molecular complexity index is 1960. The van der Waals surface area contributed by atoms with Gasteiger partial charge in [0.15, 0.2) is 5.78 Å². The lowest BCUT2D eigenvalue weighted by Crippen LogP contribution is -2.61. The Morgan fingerprint density at radius 1 is 0.714 bits per heavy atom. The Morgan fingerprint density at radius 3 is 1.80 bits per heavy atom. The molecule has 0 saturated carbocycles. The number of ketones is 1. The van der Waals surface area contributed by atoms with Crippen LogP contribution in [0, 0.1) is 5.41 Å². The summed E-state index contributed by atoms with van der Waals surface area (Å²) in [7, 11) is 1.77. The first-order valence-electron chi connectivity index (χ1n) is 22.4. The number of Topliss-reactive ketones (excluding diaryl/α,β-unsaturated/α-hetero) is 1. The Balaban J connectivity index is 3.30. The summed E-state index contributed by atoms with van der Waals surface area (Å²) in [5.41, 5.74) is 6.08. The number of rotatable bonds is 33. The third kappa shape index (κ3) is 22.4. The lowest BCUT2D eigenvalue weighted by molar-refractivity contribution is -0.146. The molecule has 1 aromatic rings. The molecule has 0 aromatic heterocycles. The fourth-order valence-electron chi connectivity index (χ4n) is 6.53. The molecule has 17 N–H and O–H groups in total. The molecule has 0 aliphatic rings. The van der Waals surface area contributed by atoms with E-state index in [-0.39, 0.29) is 61.0 Å². The molecule has 26 nitrogen and oxygen atoms in total. The Hall–Kier alpha value is -5.69. The molecule has 70 heavy (non-hydrogen) atoms. The number of nitrogens with two attached hydrogens (primary N) is 4. The smallest absolute Gasteiger partial charge is 0.305 e. The number of nitrogens with one attached hydrogen (secondary N) is 8. The average Bonchev–Trinajstić information content (AvgIpc) is 3.31. The number of amides is 8. The van der Waals surface area contributed by atoms with Crippen molar-refractivity contribution in [1.82, 2.24) is 52.2 Å². The van der Waals surface area contributed by atoms with Crippen LogP contribution in [0.1, 0.15) is 77.7 Å². The second kappa shape index (κ2) is 33.0. The van der Waals surface area contributed by atoms with Crippen molar-refractivity contribution < 1.29 is 53.1 Å². The highest BCUT2D eigenvalue weighted by molar-refractivity contribution is 14.1. The van der Waals surface area contributed by atoms with Crippen molar-refractivity contribution in [3.05, 3.63) is 35.9 Å². The number of carboxylic acid groups (broad SMARTS) is 1. The van der Waals surface area contributed by atoms with Gasteiger partial charge < -0.3 is 48.1 Å². The lowest BCUT2D eigenvalue weighted by Gasteiger charge is -2.31. The summed E-state index contributed by atoms with van der Waals surface area (Å²) in [5.74, 6) is 8.22. The van der Waals surface area contributed by atoms with E-state index in [4.69, 9.17) is 28.7 Å². The van der Waals surface area contributed by atoms with E-state index in [0.717, 1.165) is 5.01 Å². The molecule has 0 bridgehead atoms. The van der Waals surface area contributed by atoms with Gasteiger partial charge in [-0.1, -0.05) is 66.8 Å². The van der Waals surface area contributed by atoms with Crippen LogP contribution >= 0.6 is 35.2 Å². The molecule has 0 saturated heterocycles. The second-order valence-electron chi connectivity index (χ2n) is 16.0. The number of carbonyl (C=O) groups excluding carboxylic acids is 9. The number of aliphatic carboxylic acids is 1. The maximum absolute atomic E-state index is 13.8. The largest absolute Gasteiger partial charge is 0.481 e. The predicted molar refractivity (Wildman–Crippen MR) is 269 cm³/mol. The highest BCUT2D eigenvalue weighted by atomic mass is 127. The summed E-state index contributed by atoms with van der Waals surface area (Å²) in [6.07, 6.45) is 0.242. The number of thiol groups is 1. The van der Waals surface area contributed by atoms with Gasteiger partial charge in [-0.15, -0.1) is 0 Å². The second-order valence-corrected chi connectivity index (χ2v) is 17.3. The van der Waals surface area contributed by atoms with Gasteiger partial charge in [0, 0.05) is 29.6 Å². The molecule has 0 radical (unpaired) electrons. The van der Waals surface area contributed by atoms with Crippen molar-refractivity contribution in [2.24, 2.45) is 23.3 Å². The van der Waals surface area contributed by atoms with Gasteiger partial charge in [-0.05, 0) is 64.6 Å².